The minimum atomic E-state index is -0.542. The fourth-order valence-electron chi connectivity index (χ4n) is 2.27. The van der Waals surface area contributed by atoms with Crippen LogP contribution in [0.3, 0.4) is 0 Å². The van der Waals surface area contributed by atoms with Gasteiger partial charge in [0.15, 0.2) is 6.10 Å². The van der Waals surface area contributed by atoms with Gasteiger partial charge in [0.05, 0.1) is 6.54 Å². The average molecular weight is 362 g/mol. The molecule has 0 aliphatic heterocycles. The molecule has 0 saturated heterocycles. The number of benzene rings is 2. The monoisotopic (exact) mass is 361 g/mol. The van der Waals surface area contributed by atoms with Crippen LogP contribution in [0.4, 0.5) is 0 Å². The van der Waals surface area contributed by atoms with Gasteiger partial charge in [-0.1, -0.05) is 36.2 Å². The van der Waals surface area contributed by atoms with Gasteiger partial charge in [0.1, 0.15) is 18.1 Å². The quantitative estimate of drug-likeness (QED) is 0.713. The Morgan fingerprint density at radius 2 is 1.80 bits per heavy atom. The summed E-state index contributed by atoms with van der Waals surface area (Å²) in [4.78, 5) is 12.3. The van der Waals surface area contributed by atoms with Gasteiger partial charge in [-0.15, -0.1) is 0 Å². The minimum Gasteiger partial charge on any atom is -0.492 e. The Kier molecular flexibility index (Phi) is 7.14. The number of aryl methyl sites for hydroxylation is 2. The normalized spacial score (nSPS) is 11.7. The molecule has 2 aromatic carbocycles. The second-order valence-electron chi connectivity index (χ2n) is 5.88. The van der Waals surface area contributed by atoms with Crippen molar-refractivity contribution in [1.29, 1.82) is 0 Å². The van der Waals surface area contributed by atoms with Crippen molar-refractivity contribution in [1.82, 2.24) is 5.32 Å². The summed E-state index contributed by atoms with van der Waals surface area (Å²) >= 11 is 6.01. The lowest BCUT2D eigenvalue weighted by Crippen LogP contribution is -2.39. The molecule has 0 radical (unpaired) electrons. The van der Waals surface area contributed by atoms with E-state index >= 15 is 0 Å². The Bertz CT molecular complexity index is 701. The topological polar surface area (TPSA) is 47.6 Å². The molecule has 0 spiro atoms. The van der Waals surface area contributed by atoms with Gasteiger partial charge >= 0.3 is 0 Å². The summed E-state index contributed by atoms with van der Waals surface area (Å²) in [6.07, 6.45) is 0.0340. The van der Waals surface area contributed by atoms with Crippen LogP contribution in [0.1, 0.15) is 24.5 Å². The largest absolute Gasteiger partial charge is 0.492 e. The Morgan fingerprint density at radius 1 is 1.12 bits per heavy atom. The fourth-order valence-corrected chi connectivity index (χ4v) is 2.39. The molecule has 0 aromatic heterocycles. The molecule has 1 amide bonds. The molecule has 5 heteroatoms. The van der Waals surface area contributed by atoms with E-state index in [9.17, 15) is 4.79 Å². The van der Waals surface area contributed by atoms with Crippen molar-refractivity contribution in [2.24, 2.45) is 0 Å². The zero-order chi connectivity index (χ0) is 18.2. The zero-order valence-electron chi connectivity index (χ0n) is 14.8. The van der Waals surface area contributed by atoms with Crippen molar-refractivity contribution < 1.29 is 14.3 Å². The Hall–Kier alpha value is -2.20. The van der Waals surface area contributed by atoms with Crippen molar-refractivity contribution in [3.05, 3.63) is 58.6 Å². The van der Waals surface area contributed by atoms with Crippen molar-refractivity contribution in [2.75, 3.05) is 13.2 Å². The highest BCUT2D eigenvalue weighted by Gasteiger charge is 2.18. The summed E-state index contributed by atoms with van der Waals surface area (Å²) < 4.78 is 11.4. The van der Waals surface area contributed by atoms with E-state index in [0.29, 0.717) is 30.3 Å². The molecule has 0 bridgehead atoms. The number of ether oxygens (including phenoxy) is 2. The number of rotatable bonds is 8. The molecule has 0 fully saturated rings. The molecule has 0 aliphatic rings. The van der Waals surface area contributed by atoms with Crippen LogP contribution in [-0.4, -0.2) is 25.2 Å². The molecule has 0 saturated carbocycles. The van der Waals surface area contributed by atoms with Gasteiger partial charge < -0.3 is 14.8 Å². The van der Waals surface area contributed by atoms with Gasteiger partial charge in [0.25, 0.3) is 5.91 Å². The van der Waals surface area contributed by atoms with Crippen LogP contribution < -0.4 is 14.8 Å². The van der Waals surface area contributed by atoms with Crippen molar-refractivity contribution in [3.63, 3.8) is 0 Å². The van der Waals surface area contributed by atoms with Crippen LogP contribution in [0, 0.1) is 13.8 Å². The van der Waals surface area contributed by atoms with E-state index in [1.165, 1.54) is 5.56 Å². The third-order valence-corrected chi connectivity index (χ3v) is 4.19. The zero-order valence-corrected chi connectivity index (χ0v) is 15.6. The Labute approximate surface area is 154 Å². The predicted molar refractivity (Wildman–Crippen MR) is 101 cm³/mol. The minimum absolute atomic E-state index is 0.150. The average Bonchev–Trinajstić information content (AvgIpc) is 2.61. The van der Waals surface area contributed by atoms with E-state index in [2.05, 4.69) is 5.32 Å². The number of amides is 1. The van der Waals surface area contributed by atoms with E-state index in [0.717, 1.165) is 11.3 Å². The molecule has 134 valence electrons. The third kappa shape index (κ3) is 5.98. The first kappa shape index (κ1) is 19.1. The van der Waals surface area contributed by atoms with E-state index in [-0.39, 0.29) is 5.91 Å². The number of carbonyl (C=O) groups is 1. The van der Waals surface area contributed by atoms with Crippen molar-refractivity contribution >= 4 is 17.5 Å². The smallest absolute Gasteiger partial charge is 0.261 e. The van der Waals surface area contributed by atoms with Gasteiger partial charge in [-0.2, -0.15) is 0 Å². The summed E-state index contributed by atoms with van der Waals surface area (Å²) in [5.41, 5.74) is 2.10. The summed E-state index contributed by atoms with van der Waals surface area (Å²) in [7, 11) is 0. The first-order chi connectivity index (χ1) is 12.0. The first-order valence-electron chi connectivity index (χ1n) is 8.39. The van der Waals surface area contributed by atoms with Crippen LogP contribution in [0.2, 0.25) is 5.02 Å². The molecule has 2 aromatic rings. The lowest BCUT2D eigenvalue weighted by Gasteiger charge is -2.18. The van der Waals surface area contributed by atoms with Crippen molar-refractivity contribution in [2.45, 2.75) is 33.3 Å². The number of halogens is 1. The maximum atomic E-state index is 12.3. The second kappa shape index (κ2) is 9.33. The van der Waals surface area contributed by atoms with Crippen LogP contribution >= 0.6 is 11.6 Å². The highest BCUT2D eigenvalue weighted by atomic mass is 35.5. The van der Waals surface area contributed by atoms with E-state index < -0.39 is 6.10 Å². The van der Waals surface area contributed by atoms with Gasteiger partial charge in [0.2, 0.25) is 0 Å². The molecule has 1 atom stereocenters. The highest BCUT2D eigenvalue weighted by molar-refractivity contribution is 6.31. The lowest BCUT2D eigenvalue weighted by atomic mass is 10.2. The van der Waals surface area contributed by atoms with Gasteiger partial charge in [0, 0.05) is 5.02 Å². The SMILES string of the molecule is CC[C@H](Oc1ccc(Cl)c(C)c1)C(=O)NCCOc1ccc(C)cc1. The molecule has 0 unspecified atom stereocenters. The summed E-state index contributed by atoms with van der Waals surface area (Å²) in [5, 5.41) is 3.53. The second-order valence-corrected chi connectivity index (χ2v) is 6.29. The molecule has 0 heterocycles. The van der Waals surface area contributed by atoms with Gasteiger partial charge in [-0.05, 0) is 56.2 Å². The number of nitrogens with one attached hydrogen (secondary N) is 1. The van der Waals surface area contributed by atoms with Gasteiger partial charge in [-0.25, -0.2) is 0 Å². The maximum absolute atomic E-state index is 12.3. The molecular weight excluding hydrogens is 338 g/mol. The standard InChI is InChI=1S/C20H24ClNO3/c1-4-19(25-17-9-10-18(21)15(3)13-17)20(23)22-11-12-24-16-7-5-14(2)6-8-16/h5-10,13,19H,4,11-12H2,1-3H3,(H,22,23)/t19-/m0/s1. The van der Waals surface area contributed by atoms with Crippen LogP contribution in [0.15, 0.2) is 42.5 Å². The Morgan fingerprint density at radius 3 is 2.44 bits per heavy atom. The van der Waals surface area contributed by atoms with Crippen molar-refractivity contribution in [3.8, 4) is 11.5 Å². The van der Waals surface area contributed by atoms with E-state index in [4.69, 9.17) is 21.1 Å². The summed E-state index contributed by atoms with van der Waals surface area (Å²) in [5.74, 6) is 1.28. The molecule has 25 heavy (non-hydrogen) atoms. The predicted octanol–water partition coefficient (Wildman–Crippen LogP) is 4.31. The first-order valence-corrected chi connectivity index (χ1v) is 8.77. The third-order valence-electron chi connectivity index (χ3n) is 3.76. The van der Waals surface area contributed by atoms with Crippen LogP contribution in [-0.2, 0) is 4.79 Å². The highest BCUT2D eigenvalue weighted by Crippen LogP contribution is 2.22. The van der Waals surface area contributed by atoms with Gasteiger partial charge in [-0.3, -0.25) is 4.79 Å². The lowest BCUT2D eigenvalue weighted by molar-refractivity contribution is -0.128. The summed E-state index contributed by atoms with van der Waals surface area (Å²) in [6.45, 7) is 6.67. The number of hydrogen-bond acceptors (Lipinski definition) is 3. The molecule has 1 N–H and O–H groups in total. The van der Waals surface area contributed by atoms with Crippen LogP contribution in [0.25, 0.3) is 0 Å². The summed E-state index contributed by atoms with van der Waals surface area (Å²) in [6, 6.07) is 13.2. The maximum Gasteiger partial charge on any atom is 0.261 e. The number of carbonyl (C=O) groups excluding carboxylic acids is 1. The fraction of sp³-hybridized carbons (Fsp3) is 0.350. The number of hydrogen-bond donors (Lipinski definition) is 1. The Balaban J connectivity index is 1.79. The molecular formula is C20H24ClNO3. The molecule has 2 rings (SSSR count). The molecule has 0 aliphatic carbocycles. The van der Waals surface area contributed by atoms with E-state index in [1.54, 1.807) is 12.1 Å². The van der Waals surface area contributed by atoms with Crippen LogP contribution in [0.5, 0.6) is 11.5 Å². The molecule has 4 nitrogen and oxygen atoms in total. The van der Waals surface area contributed by atoms with E-state index in [1.807, 2.05) is 51.1 Å².